The number of pyridine rings is 1. The second-order valence-electron chi connectivity index (χ2n) is 19.9. The molecular formula is C55H67Cl2N9O10S. The Bertz CT molecular complexity index is 2910. The number of carbonyl (C=O) groups is 4. The molecule has 5 aromatic rings. The Kier molecular flexibility index (Phi) is 20.7. The number of methoxy groups -OCH3 is 2. The van der Waals surface area contributed by atoms with Crippen molar-refractivity contribution in [3.8, 4) is 33.8 Å². The van der Waals surface area contributed by atoms with Crippen LogP contribution in [0.25, 0.3) is 21.3 Å². The van der Waals surface area contributed by atoms with Crippen molar-refractivity contribution < 1.29 is 48.0 Å². The first-order chi connectivity index (χ1) is 37.0. The quantitative estimate of drug-likeness (QED) is 0.0450. The number of aliphatic hydroxyl groups excluding tert-OH is 1. The number of anilines is 2. The van der Waals surface area contributed by atoms with E-state index in [9.17, 15) is 29.5 Å². The van der Waals surface area contributed by atoms with Gasteiger partial charge >= 0.3 is 0 Å². The number of thiazole rings is 1. The number of likely N-dealkylation sites (tertiary alicyclic amines) is 1. The first-order valence-electron chi connectivity index (χ1n) is 25.5. The van der Waals surface area contributed by atoms with Crippen LogP contribution in [0, 0.1) is 23.7 Å². The second kappa shape index (κ2) is 27.3. The predicted molar refractivity (Wildman–Crippen MR) is 295 cm³/mol. The summed E-state index contributed by atoms with van der Waals surface area (Å²) >= 11 is 14.3. The molecule has 0 radical (unpaired) electrons. The van der Waals surface area contributed by atoms with Gasteiger partial charge in [0, 0.05) is 82.4 Å². The molecule has 77 heavy (non-hydrogen) atoms. The normalized spacial score (nSPS) is 16.2. The fraction of sp³-hybridized carbons (Fsp3) is 0.473. The number of piperazine rings is 1. The molecule has 7 rings (SSSR count). The van der Waals surface area contributed by atoms with Crippen molar-refractivity contribution in [2.24, 2.45) is 5.41 Å². The highest BCUT2D eigenvalue weighted by Gasteiger charge is 2.44. The van der Waals surface area contributed by atoms with Crippen molar-refractivity contribution in [1.29, 1.82) is 5.26 Å². The van der Waals surface area contributed by atoms with E-state index in [1.165, 1.54) is 18.2 Å². The van der Waals surface area contributed by atoms with Crippen LogP contribution in [0.2, 0.25) is 10.0 Å². The summed E-state index contributed by atoms with van der Waals surface area (Å²) < 4.78 is 28.6. The van der Waals surface area contributed by atoms with Crippen molar-refractivity contribution in [1.82, 2.24) is 35.3 Å². The number of nitriles is 1. The molecular weight excluding hydrogens is 1050 g/mol. The maximum atomic E-state index is 14.0. The predicted octanol–water partition coefficient (Wildman–Crippen LogP) is 7.14. The van der Waals surface area contributed by atoms with E-state index in [1.807, 2.05) is 62.4 Å². The average molecular weight is 1120 g/mol. The molecule has 0 saturated carbocycles. The van der Waals surface area contributed by atoms with Gasteiger partial charge in [0.05, 0.1) is 108 Å². The Hall–Kier alpha value is -6.31. The van der Waals surface area contributed by atoms with E-state index in [0.29, 0.717) is 74.8 Å². The summed E-state index contributed by atoms with van der Waals surface area (Å²) in [4.78, 5) is 69.0. The fourth-order valence-corrected chi connectivity index (χ4v) is 10.4. The number of benzene rings is 3. The Morgan fingerprint density at radius 2 is 1.61 bits per heavy atom. The van der Waals surface area contributed by atoms with E-state index in [-0.39, 0.29) is 76.5 Å². The molecule has 22 heteroatoms. The molecule has 2 aliphatic rings. The van der Waals surface area contributed by atoms with Gasteiger partial charge in [0.1, 0.15) is 23.9 Å². The van der Waals surface area contributed by atoms with Crippen LogP contribution in [-0.2, 0) is 35.2 Å². The van der Waals surface area contributed by atoms with E-state index >= 15 is 0 Å². The van der Waals surface area contributed by atoms with Gasteiger partial charge in [0.15, 0.2) is 11.5 Å². The van der Waals surface area contributed by atoms with E-state index in [0.717, 1.165) is 47.8 Å². The van der Waals surface area contributed by atoms with Gasteiger partial charge in [-0.25, -0.2) is 4.98 Å². The van der Waals surface area contributed by atoms with Crippen molar-refractivity contribution in [2.45, 2.75) is 78.1 Å². The van der Waals surface area contributed by atoms with Gasteiger partial charge in [-0.15, -0.1) is 11.3 Å². The number of fused-ring (bicyclic) bond motifs is 1. The summed E-state index contributed by atoms with van der Waals surface area (Å²) in [7, 11) is 3.05. The number of ether oxygens (including phenoxy) is 5. The van der Waals surface area contributed by atoms with Crippen LogP contribution in [0.15, 0.2) is 60.2 Å². The lowest BCUT2D eigenvalue weighted by atomic mass is 9.85. The van der Waals surface area contributed by atoms with Gasteiger partial charge in [0.25, 0.3) is 0 Å². The summed E-state index contributed by atoms with van der Waals surface area (Å²) in [5.41, 5.74) is 5.86. The minimum Gasteiger partial charge on any atom is -0.495 e. The third-order valence-corrected chi connectivity index (χ3v) is 15.0. The van der Waals surface area contributed by atoms with E-state index in [1.54, 1.807) is 42.7 Å². The van der Waals surface area contributed by atoms with Gasteiger partial charge in [-0.05, 0) is 42.0 Å². The van der Waals surface area contributed by atoms with Gasteiger partial charge in [-0.1, -0.05) is 68.2 Å². The smallest absolute Gasteiger partial charge is 0.246 e. The fourth-order valence-electron chi connectivity index (χ4n) is 9.12. The molecule has 0 spiro atoms. The zero-order valence-corrected chi connectivity index (χ0v) is 46.6. The van der Waals surface area contributed by atoms with Gasteiger partial charge in [0.2, 0.25) is 23.6 Å². The monoisotopic (exact) mass is 1120 g/mol. The molecule has 412 valence electrons. The Morgan fingerprint density at radius 1 is 0.896 bits per heavy atom. The van der Waals surface area contributed by atoms with Crippen LogP contribution in [0.1, 0.15) is 63.3 Å². The third kappa shape index (κ3) is 15.5. The van der Waals surface area contributed by atoms with Crippen LogP contribution < -0.4 is 30.2 Å². The minimum atomic E-state index is -0.955. The molecule has 3 atom stereocenters. The summed E-state index contributed by atoms with van der Waals surface area (Å²) in [6, 6.07) is 15.0. The van der Waals surface area contributed by atoms with Crippen LogP contribution in [0.5, 0.6) is 17.2 Å². The van der Waals surface area contributed by atoms with Crippen molar-refractivity contribution in [2.75, 3.05) is 91.8 Å². The number of β-amino-alcohol motifs (C(OH)–C–C–N with tert-alkyl or cyclic N) is 1. The number of nitrogens with one attached hydrogen (secondary N) is 3. The topological polar surface area (TPSA) is 230 Å². The van der Waals surface area contributed by atoms with Crippen LogP contribution in [0.4, 0.5) is 11.4 Å². The lowest BCUT2D eigenvalue weighted by molar-refractivity contribution is -0.144. The summed E-state index contributed by atoms with van der Waals surface area (Å²) in [5, 5.41) is 30.9. The van der Waals surface area contributed by atoms with Gasteiger partial charge in [-0.3, -0.25) is 29.1 Å². The number of halogens is 2. The van der Waals surface area contributed by atoms with Gasteiger partial charge in [-0.2, -0.15) is 5.26 Å². The highest BCUT2D eigenvalue weighted by atomic mass is 35.5. The zero-order chi connectivity index (χ0) is 55.2. The maximum Gasteiger partial charge on any atom is 0.246 e. The number of aliphatic hydroxyl groups is 1. The highest BCUT2D eigenvalue weighted by molar-refractivity contribution is 7.13. The Morgan fingerprint density at radius 3 is 2.27 bits per heavy atom. The van der Waals surface area contributed by atoms with Crippen LogP contribution >= 0.6 is 34.5 Å². The summed E-state index contributed by atoms with van der Waals surface area (Å²) in [5.74, 6) is 0.216. The number of rotatable bonds is 24. The first-order valence-corrected chi connectivity index (χ1v) is 27.2. The van der Waals surface area contributed by atoms with Crippen molar-refractivity contribution >= 4 is 80.4 Å². The van der Waals surface area contributed by atoms with Crippen molar-refractivity contribution in [3.05, 3.63) is 87.1 Å². The molecule has 3 unspecified atom stereocenters. The van der Waals surface area contributed by atoms with Gasteiger partial charge < -0.3 is 54.5 Å². The van der Waals surface area contributed by atoms with E-state index in [4.69, 9.17) is 46.9 Å². The minimum absolute atomic E-state index is 0.00663. The number of nitrogens with zero attached hydrogens (tertiary/aromatic N) is 6. The molecule has 0 aliphatic carbocycles. The average Bonchev–Trinajstić information content (AvgIpc) is 4.04. The Labute approximate surface area is 463 Å². The summed E-state index contributed by atoms with van der Waals surface area (Å²) in [6.45, 7) is 12.3. The molecule has 2 fully saturated rings. The highest BCUT2D eigenvalue weighted by Crippen LogP contribution is 2.41. The van der Waals surface area contributed by atoms with E-state index in [2.05, 4.69) is 36.9 Å². The molecule has 3 aromatic carbocycles. The number of carbonyl (C=O) groups excluding carboxylic acids is 4. The molecule has 4 N–H and O–H groups in total. The number of aromatic nitrogens is 2. The lowest BCUT2D eigenvalue weighted by Crippen LogP contribution is -2.57. The first kappa shape index (κ1) is 58.4. The van der Waals surface area contributed by atoms with Crippen LogP contribution in [-0.4, -0.2) is 158 Å². The number of amides is 4. The molecule has 4 heterocycles. The second-order valence-corrected chi connectivity index (χ2v) is 21.5. The SMILES string of the molecule is COc1cc(Nc2c(C#N)cnc3cc(OCCCN4CCN(C(=O)CCOCCOCCC(=O)NC(C(=O)N5CC(O)CC5C(=O)NCc5ccc(-c6scnc6C)cc5)C(C)(C)C)CC4)c(OC)cc23)c(Cl)cc1Cl. The zero-order valence-electron chi connectivity index (χ0n) is 44.3. The molecule has 4 amide bonds. The largest absolute Gasteiger partial charge is 0.495 e. The molecule has 19 nitrogen and oxygen atoms in total. The van der Waals surface area contributed by atoms with Crippen LogP contribution in [0.3, 0.4) is 0 Å². The van der Waals surface area contributed by atoms with E-state index < -0.39 is 29.5 Å². The number of hydrogen-bond acceptors (Lipinski definition) is 16. The van der Waals surface area contributed by atoms with Crippen molar-refractivity contribution in [3.63, 3.8) is 0 Å². The standard InChI is InChI=1S/C55H67Cl2N9O10S/c1-34-51(77-33-61-34)36-10-8-35(9-11-36)30-60-53(70)44-24-38(67)32-66(44)54(71)52(55(2,3)4)63-48(68)12-20-74-22-23-75-21-13-49(69)65-17-15-64(16-18-65)14-7-19-76-47-27-42-39(25-46(47)73-6)50(37(29-58)31-59-42)62-43-28-45(72-5)41(57)26-40(43)56/h8-11,25-28,31,33,38,44,52,67H,7,12-24,30,32H2,1-6H3,(H,59,62)(H,60,70)(H,63,68). The summed E-state index contributed by atoms with van der Waals surface area (Å²) in [6.07, 6.45) is 1.66. The molecule has 2 saturated heterocycles. The molecule has 0 bridgehead atoms. The molecule has 2 aliphatic heterocycles. The third-order valence-electron chi connectivity index (χ3n) is 13.4. The maximum absolute atomic E-state index is 14.0. The number of aryl methyl sites for hydroxylation is 1. The lowest BCUT2D eigenvalue weighted by Gasteiger charge is -2.35. The molecule has 2 aromatic heterocycles. The number of hydrogen-bond donors (Lipinski definition) is 4. The Balaban J connectivity index is 0.762.